The van der Waals surface area contributed by atoms with Crippen molar-refractivity contribution >= 4 is 33.6 Å². The second-order valence-electron chi connectivity index (χ2n) is 3.21. The third-order valence-electron chi connectivity index (χ3n) is 2.08. The molecule has 5 heteroatoms. The van der Waals surface area contributed by atoms with Crippen molar-refractivity contribution in [2.75, 3.05) is 7.11 Å². The molecule has 1 rings (SSSR count). The Hall–Kier alpha value is -0.680. The summed E-state index contributed by atoms with van der Waals surface area (Å²) in [6.07, 6.45) is 0.704. The van der Waals surface area contributed by atoms with Gasteiger partial charge in [0.1, 0.15) is 5.75 Å². The molecule has 1 aromatic rings. The van der Waals surface area contributed by atoms with Crippen molar-refractivity contribution in [3.05, 3.63) is 22.7 Å². The van der Waals surface area contributed by atoms with Gasteiger partial charge in [0.05, 0.1) is 17.3 Å². The van der Waals surface area contributed by atoms with Gasteiger partial charge in [-0.2, -0.15) is 0 Å². The number of hydrogen-bond acceptors (Lipinski definition) is 3. The zero-order chi connectivity index (χ0) is 12.1. The van der Waals surface area contributed by atoms with E-state index in [-0.39, 0.29) is 11.2 Å². The van der Waals surface area contributed by atoms with Gasteiger partial charge in [-0.25, -0.2) is 0 Å². The number of nitrogens with two attached hydrogens (primary N) is 1. The molecule has 1 atom stereocenters. The first-order valence-corrected chi connectivity index (χ1v) is 6.55. The average molecular weight is 304 g/mol. The molecule has 0 spiro atoms. The lowest BCUT2D eigenvalue weighted by Crippen LogP contribution is -2.24. The third-order valence-corrected chi connectivity index (χ3v) is 4.00. The SMILES string of the molecule is CCC(Sc1cc(Br)ccc1OC)C(N)=O. The van der Waals surface area contributed by atoms with Gasteiger partial charge in [-0.3, -0.25) is 4.79 Å². The van der Waals surface area contributed by atoms with E-state index in [1.54, 1.807) is 7.11 Å². The zero-order valence-corrected chi connectivity index (χ0v) is 11.6. The highest BCUT2D eigenvalue weighted by Gasteiger charge is 2.16. The minimum Gasteiger partial charge on any atom is -0.496 e. The molecule has 0 heterocycles. The van der Waals surface area contributed by atoms with Crippen LogP contribution in [0.15, 0.2) is 27.6 Å². The summed E-state index contributed by atoms with van der Waals surface area (Å²) in [5.74, 6) is 0.461. The minimum absolute atomic E-state index is 0.219. The van der Waals surface area contributed by atoms with Crippen LogP contribution in [0.2, 0.25) is 0 Å². The second-order valence-corrected chi connectivity index (χ2v) is 5.37. The first-order chi connectivity index (χ1) is 7.58. The normalized spacial score (nSPS) is 12.2. The fraction of sp³-hybridized carbons (Fsp3) is 0.364. The molecule has 16 heavy (non-hydrogen) atoms. The number of carbonyl (C=O) groups is 1. The summed E-state index contributed by atoms with van der Waals surface area (Å²) in [5.41, 5.74) is 5.31. The van der Waals surface area contributed by atoms with Gasteiger partial charge >= 0.3 is 0 Å². The van der Waals surface area contributed by atoms with Gasteiger partial charge in [0.15, 0.2) is 0 Å². The molecule has 0 aliphatic rings. The predicted octanol–water partition coefficient (Wildman–Crippen LogP) is 2.81. The Balaban J connectivity index is 2.93. The van der Waals surface area contributed by atoms with Crippen LogP contribution in [0.25, 0.3) is 0 Å². The Morgan fingerprint density at radius 3 is 2.81 bits per heavy atom. The van der Waals surface area contributed by atoms with Crippen molar-refractivity contribution < 1.29 is 9.53 Å². The topological polar surface area (TPSA) is 52.3 Å². The monoisotopic (exact) mass is 303 g/mol. The van der Waals surface area contributed by atoms with Crippen LogP contribution in [0.1, 0.15) is 13.3 Å². The van der Waals surface area contributed by atoms with Gasteiger partial charge in [0.25, 0.3) is 0 Å². The fourth-order valence-electron chi connectivity index (χ4n) is 1.24. The van der Waals surface area contributed by atoms with E-state index in [0.717, 1.165) is 15.1 Å². The largest absolute Gasteiger partial charge is 0.496 e. The maximum atomic E-state index is 11.2. The van der Waals surface area contributed by atoms with Crippen molar-refractivity contribution in [3.8, 4) is 5.75 Å². The van der Waals surface area contributed by atoms with Crippen LogP contribution in [0.4, 0.5) is 0 Å². The fourth-order valence-corrected chi connectivity index (χ4v) is 2.80. The molecule has 0 aromatic heterocycles. The average Bonchev–Trinajstić information content (AvgIpc) is 2.25. The molecule has 0 fully saturated rings. The molecule has 0 saturated carbocycles. The van der Waals surface area contributed by atoms with E-state index in [1.165, 1.54) is 11.8 Å². The van der Waals surface area contributed by atoms with E-state index in [4.69, 9.17) is 10.5 Å². The van der Waals surface area contributed by atoms with Crippen LogP contribution in [0.5, 0.6) is 5.75 Å². The number of amides is 1. The Kier molecular flexibility index (Phi) is 5.15. The van der Waals surface area contributed by atoms with Crippen LogP contribution in [0, 0.1) is 0 Å². The molecule has 0 bridgehead atoms. The van der Waals surface area contributed by atoms with Crippen LogP contribution in [0.3, 0.4) is 0 Å². The van der Waals surface area contributed by atoms with E-state index in [0.29, 0.717) is 6.42 Å². The number of rotatable bonds is 5. The van der Waals surface area contributed by atoms with Crippen LogP contribution >= 0.6 is 27.7 Å². The summed E-state index contributed by atoms with van der Waals surface area (Å²) in [6, 6.07) is 5.68. The highest BCUT2D eigenvalue weighted by atomic mass is 79.9. The lowest BCUT2D eigenvalue weighted by Gasteiger charge is -2.13. The van der Waals surface area contributed by atoms with Gasteiger partial charge in [0.2, 0.25) is 5.91 Å². The van der Waals surface area contributed by atoms with Crippen molar-refractivity contribution in [1.29, 1.82) is 0 Å². The quantitative estimate of drug-likeness (QED) is 0.851. The van der Waals surface area contributed by atoms with Crippen molar-refractivity contribution in [2.24, 2.45) is 5.73 Å². The number of methoxy groups -OCH3 is 1. The molecule has 1 amide bonds. The summed E-state index contributed by atoms with van der Waals surface area (Å²) in [7, 11) is 1.61. The maximum absolute atomic E-state index is 11.2. The van der Waals surface area contributed by atoms with Crippen molar-refractivity contribution in [3.63, 3.8) is 0 Å². The van der Waals surface area contributed by atoms with Gasteiger partial charge in [-0.05, 0) is 24.6 Å². The molecule has 0 aliphatic carbocycles. The Morgan fingerprint density at radius 2 is 2.31 bits per heavy atom. The number of ether oxygens (including phenoxy) is 1. The number of carbonyl (C=O) groups excluding carboxylic acids is 1. The van der Waals surface area contributed by atoms with Gasteiger partial charge in [0, 0.05) is 4.47 Å². The zero-order valence-electron chi connectivity index (χ0n) is 9.20. The predicted molar refractivity (Wildman–Crippen MR) is 69.8 cm³/mol. The summed E-state index contributed by atoms with van der Waals surface area (Å²) in [6.45, 7) is 1.94. The first kappa shape index (κ1) is 13.4. The van der Waals surface area contributed by atoms with E-state index in [1.807, 2.05) is 25.1 Å². The van der Waals surface area contributed by atoms with Crippen molar-refractivity contribution in [1.82, 2.24) is 0 Å². The maximum Gasteiger partial charge on any atom is 0.230 e. The van der Waals surface area contributed by atoms with Crippen LogP contribution < -0.4 is 10.5 Å². The van der Waals surface area contributed by atoms with E-state index in [2.05, 4.69) is 15.9 Å². The standard InChI is InChI=1S/C11H14BrNO2S/c1-3-9(11(13)14)16-10-6-7(12)4-5-8(10)15-2/h4-6,9H,3H2,1-2H3,(H2,13,14). The van der Waals surface area contributed by atoms with Gasteiger partial charge < -0.3 is 10.5 Å². The Labute approximate surface area is 108 Å². The molecule has 1 aromatic carbocycles. The molecule has 88 valence electrons. The van der Waals surface area contributed by atoms with E-state index < -0.39 is 0 Å². The highest BCUT2D eigenvalue weighted by molar-refractivity contribution is 9.10. The van der Waals surface area contributed by atoms with Crippen LogP contribution in [-0.2, 0) is 4.79 Å². The highest BCUT2D eigenvalue weighted by Crippen LogP contribution is 2.35. The molecular weight excluding hydrogens is 290 g/mol. The number of benzene rings is 1. The molecule has 0 radical (unpaired) electrons. The van der Waals surface area contributed by atoms with E-state index >= 15 is 0 Å². The van der Waals surface area contributed by atoms with Gasteiger partial charge in [-0.1, -0.05) is 22.9 Å². The smallest absolute Gasteiger partial charge is 0.230 e. The lowest BCUT2D eigenvalue weighted by molar-refractivity contribution is -0.117. The minimum atomic E-state index is -0.297. The first-order valence-electron chi connectivity index (χ1n) is 4.88. The number of hydrogen-bond donors (Lipinski definition) is 1. The summed E-state index contributed by atoms with van der Waals surface area (Å²) < 4.78 is 6.19. The molecule has 0 aliphatic heterocycles. The Morgan fingerprint density at radius 1 is 1.62 bits per heavy atom. The summed E-state index contributed by atoms with van der Waals surface area (Å²) in [5, 5.41) is -0.219. The van der Waals surface area contributed by atoms with Gasteiger partial charge in [-0.15, -0.1) is 11.8 Å². The Bertz CT molecular complexity index is 384. The molecule has 0 saturated heterocycles. The molecule has 2 N–H and O–H groups in total. The molecular formula is C11H14BrNO2S. The third kappa shape index (κ3) is 3.42. The van der Waals surface area contributed by atoms with Crippen molar-refractivity contribution in [2.45, 2.75) is 23.5 Å². The summed E-state index contributed by atoms with van der Waals surface area (Å²) in [4.78, 5) is 12.1. The van der Waals surface area contributed by atoms with E-state index in [9.17, 15) is 4.79 Å². The molecule has 1 unspecified atom stereocenters. The lowest BCUT2D eigenvalue weighted by atomic mass is 10.3. The number of primary amides is 1. The second kappa shape index (κ2) is 6.15. The molecule has 3 nitrogen and oxygen atoms in total. The number of halogens is 1. The van der Waals surface area contributed by atoms with Crippen LogP contribution in [-0.4, -0.2) is 18.3 Å². The number of thioether (sulfide) groups is 1. The summed E-state index contributed by atoms with van der Waals surface area (Å²) >= 11 is 4.82.